The van der Waals surface area contributed by atoms with Crippen LogP contribution in [0.2, 0.25) is 0 Å². The molecule has 0 atom stereocenters. The molecule has 2 N–H and O–H groups in total. The number of rotatable bonds is 4. The number of hydrogen-bond donors (Lipinski definition) is 2. The van der Waals surface area contributed by atoms with E-state index in [0.29, 0.717) is 5.56 Å². The predicted octanol–water partition coefficient (Wildman–Crippen LogP) is 2.19. The molecule has 0 saturated carbocycles. The maximum absolute atomic E-state index is 11.7. The third kappa shape index (κ3) is 3.87. The van der Waals surface area contributed by atoms with Crippen LogP contribution in [-0.4, -0.2) is 11.8 Å². The van der Waals surface area contributed by atoms with Crippen LogP contribution >= 0.6 is 0 Å². The Morgan fingerprint density at radius 3 is 2.11 bits per heavy atom. The summed E-state index contributed by atoms with van der Waals surface area (Å²) in [6.45, 7) is 5.86. The molecule has 0 aromatic heterocycles. The van der Waals surface area contributed by atoms with Gasteiger partial charge in [-0.1, -0.05) is 31.5 Å². The van der Waals surface area contributed by atoms with E-state index < -0.39 is 0 Å². The fourth-order valence-electron chi connectivity index (χ4n) is 1.66. The van der Waals surface area contributed by atoms with Crippen molar-refractivity contribution in [3.05, 3.63) is 35.4 Å². The second-order valence-electron chi connectivity index (χ2n) is 4.32. The van der Waals surface area contributed by atoms with E-state index in [9.17, 15) is 9.59 Å². The van der Waals surface area contributed by atoms with Gasteiger partial charge in [-0.2, -0.15) is 0 Å². The van der Waals surface area contributed by atoms with Crippen LogP contribution < -0.4 is 10.9 Å². The molecule has 0 aliphatic heterocycles. The lowest BCUT2D eigenvalue weighted by Crippen LogP contribution is -2.44. The quantitative estimate of drug-likeness (QED) is 0.802. The molecule has 18 heavy (non-hydrogen) atoms. The molecule has 4 nitrogen and oxygen atoms in total. The van der Waals surface area contributed by atoms with E-state index in [-0.39, 0.29) is 17.7 Å². The van der Waals surface area contributed by atoms with Crippen molar-refractivity contribution in [2.75, 3.05) is 0 Å². The van der Waals surface area contributed by atoms with Gasteiger partial charge in [0.2, 0.25) is 5.91 Å². The smallest absolute Gasteiger partial charge is 0.269 e. The van der Waals surface area contributed by atoms with E-state index in [1.165, 1.54) is 0 Å². The second kappa shape index (κ2) is 6.79. The molecule has 0 saturated heterocycles. The number of nitrogens with one attached hydrogen (secondary N) is 2. The van der Waals surface area contributed by atoms with Crippen LogP contribution in [0.25, 0.3) is 0 Å². The van der Waals surface area contributed by atoms with Gasteiger partial charge in [-0.25, -0.2) is 0 Å². The highest BCUT2D eigenvalue weighted by molar-refractivity contribution is 5.95. The summed E-state index contributed by atoms with van der Waals surface area (Å²) in [5.74, 6) is -0.488. The molecule has 1 aromatic carbocycles. The molecule has 2 amide bonds. The van der Waals surface area contributed by atoms with E-state index in [0.717, 1.165) is 18.4 Å². The average Bonchev–Trinajstić information content (AvgIpc) is 2.38. The summed E-state index contributed by atoms with van der Waals surface area (Å²) in [4.78, 5) is 23.4. The lowest BCUT2D eigenvalue weighted by atomic mass is 10.0. The summed E-state index contributed by atoms with van der Waals surface area (Å²) in [5.41, 5.74) is 6.51. The first kappa shape index (κ1) is 14.2. The van der Waals surface area contributed by atoms with Crippen LogP contribution in [0.3, 0.4) is 0 Å². The van der Waals surface area contributed by atoms with E-state index in [2.05, 4.69) is 10.9 Å². The zero-order chi connectivity index (χ0) is 13.5. The molecule has 98 valence electrons. The van der Waals surface area contributed by atoms with Gasteiger partial charge in [0.05, 0.1) is 0 Å². The standard InChI is InChI=1S/C14H20N2O2/c1-4-11(5-2)13(17)15-16-14(18)12-8-6-10(3)7-9-12/h6-9,11H,4-5H2,1-3H3,(H,15,17)(H,16,18). The van der Waals surface area contributed by atoms with Gasteiger partial charge < -0.3 is 0 Å². The first-order valence-corrected chi connectivity index (χ1v) is 6.25. The lowest BCUT2D eigenvalue weighted by Gasteiger charge is -2.13. The predicted molar refractivity (Wildman–Crippen MR) is 70.9 cm³/mol. The minimum Gasteiger partial charge on any atom is -0.273 e. The molecule has 0 aliphatic carbocycles. The van der Waals surface area contributed by atoms with E-state index in [1.807, 2.05) is 32.9 Å². The fraction of sp³-hybridized carbons (Fsp3) is 0.429. The van der Waals surface area contributed by atoms with Crippen molar-refractivity contribution in [1.29, 1.82) is 0 Å². The molecule has 0 heterocycles. The zero-order valence-corrected chi connectivity index (χ0v) is 11.1. The summed E-state index contributed by atoms with van der Waals surface area (Å²) in [6.07, 6.45) is 1.53. The van der Waals surface area contributed by atoms with Crippen molar-refractivity contribution in [3.63, 3.8) is 0 Å². The highest BCUT2D eigenvalue weighted by Crippen LogP contribution is 2.06. The highest BCUT2D eigenvalue weighted by atomic mass is 16.2. The van der Waals surface area contributed by atoms with Crippen molar-refractivity contribution in [2.45, 2.75) is 33.6 Å². The monoisotopic (exact) mass is 248 g/mol. The minimum atomic E-state index is -0.297. The van der Waals surface area contributed by atoms with E-state index in [1.54, 1.807) is 12.1 Å². The number of hydrogen-bond acceptors (Lipinski definition) is 2. The van der Waals surface area contributed by atoms with Crippen molar-refractivity contribution in [3.8, 4) is 0 Å². The van der Waals surface area contributed by atoms with Crippen molar-refractivity contribution >= 4 is 11.8 Å². The van der Waals surface area contributed by atoms with E-state index >= 15 is 0 Å². The van der Waals surface area contributed by atoms with Gasteiger partial charge in [0, 0.05) is 11.5 Å². The number of carbonyl (C=O) groups is 2. The Kier molecular flexibility index (Phi) is 5.36. The van der Waals surface area contributed by atoms with Crippen LogP contribution in [0.1, 0.15) is 42.6 Å². The first-order chi connectivity index (χ1) is 8.58. The van der Waals surface area contributed by atoms with Crippen LogP contribution in [0.4, 0.5) is 0 Å². The maximum Gasteiger partial charge on any atom is 0.269 e. The second-order valence-corrected chi connectivity index (χ2v) is 4.32. The Bertz CT molecular complexity index is 408. The number of amides is 2. The Labute approximate surface area is 108 Å². The van der Waals surface area contributed by atoms with Gasteiger partial charge in [0.15, 0.2) is 0 Å². The number of hydrazine groups is 1. The fourth-order valence-corrected chi connectivity index (χ4v) is 1.66. The van der Waals surface area contributed by atoms with Crippen LogP contribution in [0.15, 0.2) is 24.3 Å². The molecular weight excluding hydrogens is 228 g/mol. The Balaban J connectivity index is 2.51. The average molecular weight is 248 g/mol. The summed E-state index contributed by atoms with van der Waals surface area (Å²) in [6, 6.07) is 7.18. The number of benzene rings is 1. The van der Waals surface area contributed by atoms with Gasteiger partial charge in [-0.3, -0.25) is 20.4 Å². The minimum absolute atomic E-state index is 0.0525. The van der Waals surface area contributed by atoms with Crippen molar-refractivity contribution in [1.82, 2.24) is 10.9 Å². The molecule has 1 aromatic rings. The topological polar surface area (TPSA) is 58.2 Å². The maximum atomic E-state index is 11.7. The normalized spacial score (nSPS) is 10.2. The van der Waals surface area contributed by atoms with Gasteiger partial charge in [-0.05, 0) is 31.9 Å². The molecule has 0 spiro atoms. The number of carbonyl (C=O) groups excluding carboxylic acids is 2. The molecule has 0 aliphatic rings. The zero-order valence-electron chi connectivity index (χ0n) is 11.1. The van der Waals surface area contributed by atoms with Crippen molar-refractivity contribution < 1.29 is 9.59 Å². The molecular formula is C14H20N2O2. The Morgan fingerprint density at radius 2 is 1.61 bits per heavy atom. The SMILES string of the molecule is CCC(CC)C(=O)NNC(=O)c1ccc(C)cc1. The Morgan fingerprint density at radius 1 is 1.06 bits per heavy atom. The van der Waals surface area contributed by atoms with Crippen molar-refractivity contribution in [2.24, 2.45) is 5.92 Å². The molecule has 0 radical (unpaired) electrons. The van der Waals surface area contributed by atoms with Gasteiger partial charge >= 0.3 is 0 Å². The summed E-state index contributed by atoms with van der Waals surface area (Å²) < 4.78 is 0. The molecule has 0 fully saturated rings. The molecule has 0 bridgehead atoms. The first-order valence-electron chi connectivity index (χ1n) is 6.25. The van der Waals surface area contributed by atoms with Gasteiger partial charge in [0.25, 0.3) is 5.91 Å². The van der Waals surface area contributed by atoms with Crippen LogP contribution in [0, 0.1) is 12.8 Å². The third-order valence-electron chi connectivity index (χ3n) is 2.97. The summed E-state index contributed by atoms with van der Waals surface area (Å²) in [7, 11) is 0. The summed E-state index contributed by atoms with van der Waals surface area (Å²) in [5, 5.41) is 0. The van der Waals surface area contributed by atoms with Crippen LogP contribution in [-0.2, 0) is 4.79 Å². The number of aryl methyl sites for hydroxylation is 1. The largest absolute Gasteiger partial charge is 0.273 e. The lowest BCUT2D eigenvalue weighted by molar-refractivity contribution is -0.125. The Hall–Kier alpha value is -1.84. The highest BCUT2D eigenvalue weighted by Gasteiger charge is 2.14. The van der Waals surface area contributed by atoms with E-state index in [4.69, 9.17) is 0 Å². The molecule has 0 unspecified atom stereocenters. The molecule has 4 heteroatoms. The van der Waals surface area contributed by atoms with Gasteiger partial charge in [-0.15, -0.1) is 0 Å². The third-order valence-corrected chi connectivity index (χ3v) is 2.97. The molecule has 1 rings (SSSR count). The summed E-state index contributed by atoms with van der Waals surface area (Å²) >= 11 is 0. The van der Waals surface area contributed by atoms with Gasteiger partial charge in [0.1, 0.15) is 0 Å². The van der Waals surface area contributed by atoms with Crippen LogP contribution in [0.5, 0.6) is 0 Å².